The molecule has 2 nitrogen and oxygen atoms in total. The second kappa shape index (κ2) is 6.66. The molecule has 1 aromatic carbocycles. The zero-order chi connectivity index (χ0) is 14.5. The van der Waals surface area contributed by atoms with Crippen LogP contribution in [0.4, 0.5) is 8.78 Å². The minimum Gasteiger partial charge on any atom is -0.467 e. The third kappa shape index (κ3) is 3.25. The predicted molar refractivity (Wildman–Crippen MR) is 74.5 cm³/mol. The quantitative estimate of drug-likeness (QED) is 0.859. The van der Waals surface area contributed by atoms with Gasteiger partial charge in [-0.25, -0.2) is 8.78 Å². The Morgan fingerprint density at radius 3 is 2.70 bits per heavy atom. The maximum absolute atomic E-state index is 13.8. The summed E-state index contributed by atoms with van der Waals surface area (Å²) in [5.41, 5.74) is 1.37. The van der Waals surface area contributed by atoms with Crippen LogP contribution in [0.3, 0.4) is 0 Å². The van der Waals surface area contributed by atoms with E-state index in [1.807, 2.05) is 13.0 Å². The molecule has 2 rings (SSSR count). The van der Waals surface area contributed by atoms with Crippen LogP contribution in [0.15, 0.2) is 34.9 Å². The predicted octanol–water partition coefficient (Wildman–Crippen LogP) is 4.15. The summed E-state index contributed by atoms with van der Waals surface area (Å²) in [6.45, 7) is 4.80. The zero-order valence-corrected chi connectivity index (χ0v) is 11.7. The number of hydrogen-bond donors (Lipinski definition) is 1. The molecule has 0 aliphatic rings. The van der Waals surface area contributed by atoms with Gasteiger partial charge in [0.1, 0.15) is 5.76 Å². The van der Waals surface area contributed by atoms with E-state index in [1.165, 1.54) is 6.07 Å². The number of aryl methyl sites for hydroxylation is 1. The normalized spacial score (nSPS) is 12.6. The summed E-state index contributed by atoms with van der Waals surface area (Å²) in [5, 5.41) is 3.32. The van der Waals surface area contributed by atoms with E-state index in [0.717, 1.165) is 30.4 Å². The Kier molecular flexibility index (Phi) is 4.90. The number of hydrogen-bond acceptors (Lipinski definition) is 2. The van der Waals surface area contributed by atoms with Crippen LogP contribution < -0.4 is 5.32 Å². The molecule has 0 saturated carbocycles. The molecule has 0 spiro atoms. The van der Waals surface area contributed by atoms with Crippen molar-refractivity contribution in [2.24, 2.45) is 0 Å². The molecule has 4 heteroatoms. The monoisotopic (exact) mass is 279 g/mol. The fourth-order valence-corrected chi connectivity index (χ4v) is 2.24. The Morgan fingerprint density at radius 1 is 1.25 bits per heavy atom. The second-order valence-electron chi connectivity index (χ2n) is 4.89. The van der Waals surface area contributed by atoms with Gasteiger partial charge in [0.05, 0.1) is 12.3 Å². The summed E-state index contributed by atoms with van der Waals surface area (Å²) in [5.74, 6) is -0.810. The average molecular weight is 279 g/mol. The maximum atomic E-state index is 13.8. The van der Waals surface area contributed by atoms with Crippen LogP contribution in [0.1, 0.15) is 36.3 Å². The molecule has 0 radical (unpaired) electrons. The molecule has 0 aliphatic carbocycles. The molecule has 0 aliphatic heterocycles. The van der Waals surface area contributed by atoms with Crippen molar-refractivity contribution >= 4 is 0 Å². The molecular weight excluding hydrogens is 260 g/mol. The molecule has 1 atom stereocenters. The molecule has 0 bridgehead atoms. The Labute approximate surface area is 117 Å². The third-order valence-corrected chi connectivity index (χ3v) is 3.31. The fourth-order valence-electron chi connectivity index (χ4n) is 2.24. The van der Waals surface area contributed by atoms with Crippen LogP contribution in [0.2, 0.25) is 0 Å². The SMILES string of the molecule is CCCNC(Cc1cccc(F)c1F)c1occc1C. The largest absolute Gasteiger partial charge is 0.467 e. The van der Waals surface area contributed by atoms with Crippen LogP contribution in [-0.2, 0) is 6.42 Å². The molecule has 1 N–H and O–H groups in total. The molecule has 0 saturated heterocycles. The van der Waals surface area contributed by atoms with Crippen LogP contribution >= 0.6 is 0 Å². The summed E-state index contributed by atoms with van der Waals surface area (Å²) in [6.07, 6.45) is 2.94. The van der Waals surface area contributed by atoms with Gasteiger partial charge in [0.25, 0.3) is 0 Å². The molecular formula is C16H19F2NO. The van der Waals surface area contributed by atoms with E-state index in [9.17, 15) is 8.78 Å². The Bertz CT molecular complexity index is 565. The first-order valence-corrected chi connectivity index (χ1v) is 6.83. The molecule has 0 fully saturated rings. The Hall–Kier alpha value is -1.68. The first-order chi connectivity index (χ1) is 9.63. The summed E-state index contributed by atoms with van der Waals surface area (Å²) >= 11 is 0. The van der Waals surface area contributed by atoms with Gasteiger partial charge in [0.2, 0.25) is 0 Å². The van der Waals surface area contributed by atoms with Crippen LogP contribution in [0, 0.1) is 18.6 Å². The summed E-state index contributed by atoms with van der Waals surface area (Å²) in [4.78, 5) is 0. The molecule has 1 aromatic heterocycles. The van der Waals surface area contributed by atoms with Gasteiger partial charge in [0, 0.05) is 0 Å². The van der Waals surface area contributed by atoms with Crippen molar-refractivity contribution < 1.29 is 13.2 Å². The van der Waals surface area contributed by atoms with Gasteiger partial charge in [-0.15, -0.1) is 0 Å². The fraction of sp³-hybridized carbons (Fsp3) is 0.375. The van der Waals surface area contributed by atoms with Crippen molar-refractivity contribution in [2.75, 3.05) is 6.54 Å². The lowest BCUT2D eigenvalue weighted by Gasteiger charge is -2.18. The van der Waals surface area contributed by atoms with Crippen molar-refractivity contribution in [3.63, 3.8) is 0 Å². The molecule has 1 heterocycles. The molecule has 108 valence electrons. The van der Waals surface area contributed by atoms with Gasteiger partial charge in [-0.2, -0.15) is 0 Å². The maximum Gasteiger partial charge on any atom is 0.162 e. The van der Waals surface area contributed by atoms with Gasteiger partial charge in [0.15, 0.2) is 11.6 Å². The van der Waals surface area contributed by atoms with Crippen LogP contribution in [0.25, 0.3) is 0 Å². The lowest BCUT2D eigenvalue weighted by atomic mass is 10.0. The Morgan fingerprint density at radius 2 is 2.05 bits per heavy atom. The van der Waals surface area contributed by atoms with Crippen molar-refractivity contribution in [3.8, 4) is 0 Å². The molecule has 1 unspecified atom stereocenters. The standard InChI is InChI=1S/C16H19F2NO/c1-3-8-19-14(16-11(2)7-9-20-16)10-12-5-4-6-13(17)15(12)18/h4-7,9,14,19H,3,8,10H2,1-2H3. The summed E-state index contributed by atoms with van der Waals surface area (Å²) < 4.78 is 32.6. The van der Waals surface area contributed by atoms with Crippen molar-refractivity contribution in [1.82, 2.24) is 5.32 Å². The molecule has 0 amide bonds. The highest BCUT2D eigenvalue weighted by Gasteiger charge is 2.19. The first-order valence-electron chi connectivity index (χ1n) is 6.83. The van der Waals surface area contributed by atoms with E-state index in [0.29, 0.717) is 12.0 Å². The lowest BCUT2D eigenvalue weighted by molar-refractivity contribution is 0.401. The lowest BCUT2D eigenvalue weighted by Crippen LogP contribution is -2.24. The minimum atomic E-state index is -0.812. The number of furan rings is 1. The number of nitrogens with one attached hydrogen (secondary N) is 1. The van der Waals surface area contributed by atoms with E-state index in [2.05, 4.69) is 12.2 Å². The van der Waals surface area contributed by atoms with Gasteiger partial charge in [-0.3, -0.25) is 0 Å². The highest BCUT2D eigenvalue weighted by atomic mass is 19.2. The van der Waals surface area contributed by atoms with Crippen molar-refractivity contribution in [1.29, 1.82) is 0 Å². The van der Waals surface area contributed by atoms with Gasteiger partial charge in [-0.05, 0) is 49.6 Å². The second-order valence-corrected chi connectivity index (χ2v) is 4.89. The van der Waals surface area contributed by atoms with E-state index in [4.69, 9.17) is 4.42 Å². The number of halogens is 2. The minimum absolute atomic E-state index is 0.152. The first kappa shape index (κ1) is 14.7. The number of rotatable bonds is 6. The topological polar surface area (TPSA) is 25.2 Å². The molecule has 2 aromatic rings. The molecule has 20 heavy (non-hydrogen) atoms. The smallest absolute Gasteiger partial charge is 0.162 e. The Balaban J connectivity index is 2.24. The van der Waals surface area contributed by atoms with Gasteiger partial charge >= 0.3 is 0 Å². The highest BCUT2D eigenvalue weighted by Crippen LogP contribution is 2.24. The van der Waals surface area contributed by atoms with Gasteiger partial charge < -0.3 is 9.73 Å². The van der Waals surface area contributed by atoms with E-state index in [1.54, 1.807) is 12.3 Å². The number of benzene rings is 1. The van der Waals surface area contributed by atoms with Crippen LogP contribution in [-0.4, -0.2) is 6.54 Å². The van der Waals surface area contributed by atoms with E-state index in [-0.39, 0.29) is 6.04 Å². The van der Waals surface area contributed by atoms with E-state index < -0.39 is 11.6 Å². The van der Waals surface area contributed by atoms with E-state index >= 15 is 0 Å². The van der Waals surface area contributed by atoms with Crippen LogP contribution in [0.5, 0.6) is 0 Å². The summed E-state index contributed by atoms with van der Waals surface area (Å²) in [6, 6.07) is 5.99. The van der Waals surface area contributed by atoms with Crippen molar-refractivity contribution in [3.05, 3.63) is 59.1 Å². The third-order valence-electron chi connectivity index (χ3n) is 3.31. The average Bonchev–Trinajstić information content (AvgIpc) is 2.85. The summed E-state index contributed by atoms with van der Waals surface area (Å²) in [7, 11) is 0. The van der Waals surface area contributed by atoms with Gasteiger partial charge in [-0.1, -0.05) is 19.1 Å². The zero-order valence-electron chi connectivity index (χ0n) is 11.7. The van der Waals surface area contributed by atoms with Crippen molar-refractivity contribution in [2.45, 2.75) is 32.7 Å². The highest BCUT2D eigenvalue weighted by molar-refractivity contribution is 5.24.